The van der Waals surface area contributed by atoms with Crippen LogP contribution in [-0.4, -0.2) is 42.5 Å². The number of rotatable bonds is 5. The summed E-state index contributed by atoms with van der Waals surface area (Å²) in [5, 5.41) is 2.12. The molecule has 4 nitrogen and oxygen atoms in total. The number of benzene rings is 1. The largest absolute Gasteiger partial charge is 0.497 e. The van der Waals surface area contributed by atoms with Gasteiger partial charge in [-0.15, -0.1) is 11.3 Å². The maximum atomic E-state index is 13.3. The zero-order chi connectivity index (χ0) is 19.3. The third-order valence-corrected chi connectivity index (χ3v) is 7.12. The van der Waals surface area contributed by atoms with Crippen molar-refractivity contribution >= 4 is 17.2 Å². The van der Waals surface area contributed by atoms with Gasteiger partial charge in [-0.25, -0.2) is 0 Å². The average molecular weight is 399 g/mol. The minimum Gasteiger partial charge on any atom is -0.497 e. The van der Waals surface area contributed by atoms with Crippen LogP contribution in [0.2, 0.25) is 0 Å². The van der Waals surface area contributed by atoms with Crippen LogP contribution in [0.5, 0.6) is 5.75 Å². The second-order valence-corrected chi connectivity index (χ2v) is 8.85. The molecule has 2 aliphatic heterocycles. The quantitative estimate of drug-likeness (QED) is 0.707. The molecule has 0 spiro atoms. The summed E-state index contributed by atoms with van der Waals surface area (Å²) >= 11 is 1.77. The Morgan fingerprint density at radius 1 is 1.04 bits per heavy atom. The van der Waals surface area contributed by atoms with Gasteiger partial charge in [0, 0.05) is 17.5 Å². The summed E-state index contributed by atoms with van der Waals surface area (Å²) in [6.45, 7) is 2.42. The Hall–Kier alpha value is -1.85. The van der Waals surface area contributed by atoms with Crippen molar-refractivity contribution in [3.8, 4) is 5.75 Å². The molecule has 3 heterocycles. The zero-order valence-corrected chi connectivity index (χ0v) is 17.5. The lowest BCUT2D eigenvalue weighted by Crippen LogP contribution is -2.41. The van der Waals surface area contributed by atoms with Crippen molar-refractivity contribution < 1.29 is 9.53 Å². The van der Waals surface area contributed by atoms with Gasteiger partial charge in [0.15, 0.2) is 0 Å². The Bertz CT molecular complexity index is 759. The maximum Gasteiger partial charge on any atom is 0.237 e. The number of thiophene rings is 1. The van der Waals surface area contributed by atoms with Gasteiger partial charge in [0.25, 0.3) is 0 Å². The van der Waals surface area contributed by atoms with Crippen LogP contribution in [-0.2, 0) is 4.79 Å². The predicted molar refractivity (Wildman–Crippen MR) is 114 cm³/mol. The average Bonchev–Trinajstić information content (AvgIpc) is 3.37. The van der Waals surface area contributed by atoms with Gasteiger partial charge < -0.3 is 9.64 Å². The van der Waals surface area contributed by atoms with E-state index in [9.17, 15) is 4.79 Å². The fourth-order valence-electron chi connectivity index (χ4n) is 4.67. The number of methoxy groups -OCH3 is 1. The van der Waals surface area contributed by atoms with E-state index in [2.05, 4.69) is 39.4 Å². The molecule has 150 valence electrons. The highest BCUT2D eigenvalue weighted by atomic mass is 32.1. The van der Waals surface area contributed by atoms with E-state index in [0.717, 1.165) is 38.1 Å². The fraction of sp³-hybridized carbons (Fsp3) is 0.522. The van der Waals surface area contributed by atoms with E-state index in [0.29, 0.717) is 12.6 Å². The van der Waals surface area contributed by atoms with Crippen molar-refractivity contribution in [2.75, 3.05) is 26.7 Å². The van der Waals surface area contributed by atoms with Crippen LogP contribution in [0.4, 0.5) is 0 Å². The molecule has 1 amide bonds. The molecule has 2 unspecified atom stereocenters. The standard InChI is InChI=1S/C23H30N2O2S/c1-27-19-12-10-18(11-13-19)20-7-3-2-4-14-24(20)17-23(26)25-15-5-8-21(25)22-9-6-16-28-22/h6,9-13,16,20-21H,2-5,7-8,14-15,17H2,1H3. The summed E-state index contributed by atoms with van der Waals surface area (Å²) in [5.41, 5.74) is 1.30. The summed E-state index contributed by atoms with van der Waals surface area (Å²) in [6.07, 6.45) is 6.97. The van der Waals surface area contributed by atoms with Crippen molar-refractivity contribution in [2.45, 2.75) is 50.6 Å². The molecule has 2 atom stereocenters. The van der Waals surface area contributed by atoms with E-state index in [1.54, 1.807) is 18.4 Å². The van der Waals surface area contributed by atoms with E-state index in [1.807, 2.05) is 12.1 Å². The van der Waals surface area contributed by atoms with E-state index in [4.69, 9.17) is 4.74 Å². The lowest BCUT2D eigenvalue weighted by molar-refractivity contribution is -0.134. The summed E-state index contributed by atoms with van der Waals surface area (Å²) in [7, 11) is 1.70. The topological polar surface area (TPSA) is 32.8 Å². The van der Waals surface area contributed by atoms with Gasteiger partial charge in [-0.2, -0.15) is 0 Å². The highest BCUT2D eigenvalue weighted by Gasteiger charge is 2.33. The first-order valence-electron chi connectivity index (χ1n) is 10.5. The molecule has 1 aromatic carbocycles. The van der Waals surface area contributed by atoms with E-state index >= 15 is 0 Å². The fourth-order valence-corrected chi connectivity index (χ4v) is 5.54. The molecule has 28 heavy (non-hydrogen) atoms. The zero-order valence-electron chi connectivity index (χ0n) is 16.7. The normalized spacial score (nSPS) is 23.5. The van der Waals surface area contributed by atoms with Crippen molar-refractivity contribution in [1.29, 1.82) is 0 Å². The molecular formula is C23H30N2O2S. The molecule has 0 bridgehead atoms. The molecule has 2 saturated heterocycles. The van der Waals surface area contributed by atoms with Gasteiger partial charge in [0.2, 0.25) is 5.91 Å². The van der Waals surface area contributed by atoms with Crippen molar-refractivity contribution in [1.82, 2.24) is 9.80 Å². The first-order chi connectivity index (χ1) is 13.8. The summed E-state index contributed by atoms with van der Waals surface area (Å²) in [4.78, 5) is 19.1. The Morgan fingerprint density at radius 3 is 2.61 bits per heavy atom. The van der Waals surface area contributed by atoms with E-state index in [-0.39, 0.29) is 11.9 Å². The number of hydrogen-bond acceptors (Lipinski definition) is 4. The van der Waals surface area contributed by atoms with Gasteiger partial charge in [0.05, 0.1) is 19.7 Å². The molecule has 2 aromatic rings. The summed E-state index contributed by atoms with van der Waals surface area (Å²) < 4.78 is 5.31. The highest BCUT2D eigenvalue weighted by molar-refractivity contribution is 7.10. The number of carbonyl (C=O) groups is 1. The molecule has 2 aliphatic rings. The van der Waals surface area contributed by atoms with Crippen LogP contribution < -0.4 is 4.74 Å². The highest BCUT2D eigenvalue weighted by Crippen LogP contribution is 2.36. The molecule has 0 radical (unpaired) electrons. The molecule has 5 heteroatoms. The Kier molecular flexibility index (Phi) is 6.33. The Balaban J connectivity index is 1.49. The summed E-state index contributed by atoms with van der Waals surface area (Å²) in [6, 6.07) is 13.3. The molecular weight excluding hydrogens is 368 g/mol. The van der Waals surface area contributed by atoms with Crippen molar-refractivity contribution in [2.24, 2.45) is 0 Å². The lowest BCUT2D eigenvalue weighted by Gasteiger charge is -2.33. The van der Waals surface area contributed by atoms with Gasteiger partial charge in [-0.1, -0.05) is 31.0 Å². The second kappa shape index (κ2) is 9.10. The maximum absolute atomic E-state index is 13.3. The van der Waals surface area contributed by atoms with Crippen LogP contribution >= 0.6 is 11.3 Å². The van der Waals surface area contributed by atoms with Crippen LogP contribution in [0, 0.1) is 0 Å². The summed E-state index contributed by atoms with van der Waals surface area (Å²) in [5.74, 6) is 1.17. The minimum absolute atomic E-state index is 0.277. The third kappa shape index (κ3) is 4.26. The number of ether oxygens (including phenoxy) is 1. The first-order valence-corrected chi connectivity index (χ1v) is 11.3. The van der Waals surface area contributed by atoms with Gasteiger partial charge >= 0.3 is 0 Å². The monoisotopic (exact) mass is 398 g/mol. The van der Waals surface area contributed by atoms with Crippen LogP contribution in [0.15, 0.2) is 41.8 Å². The Labute approximate surface area is 172 Å². The van der Waals surface area contributed by atoms with Crippen LogP contribution in [0.25, 0.3) is 0 Å². The smallest absolute Gasteiger partial charge is 0.237 e. The number of carbonyl (C=O) groups excluding carboxylic acids is 1. The third-order valence-electron chi connectivity index (χ3n) is 6.15. The minimum atomic E-state index is 0.277. The van der Waals surface area contributed by atoms with Gasteiger partial charge in [-0.05, 0) is 61.4 Å². The molecule has 2 fully saturated rings. The first kappa shape index (κ1) is 19.5. The molecule has 0 saturated carbocycles. The molecule has 0 N–H and O–H groups in total. The van der Waals surface area contributed by atoms with Crippen LogP contribution in [0.3, 0.4) is 0 Å². The van der Waals surface area contributed by atoms with Crippen LogP contribution in [0.1, 0.15) is 61.0 Å². The lowest BCUT2D eigenvalue weighted by atomic mass is 10.0. The SMILES string of the molecule is COc1ccc(C2CCCCCN2CC(=O)N2CCCC2c2cccs2)cc1. The predicted octanol–water partition coefficient (Wildman–Crippen LogP) is 5.04. The van der Waals surface area contributed by atoms with E-state index in [1.165, 1.54) is 29.7 Å². The van der Waals surface area contributed by atoms with Crippen molar-refractivity contribution in [3.05, 3.63) is 52.2 Å². The van der Waals surface area contributed by atoms with Crippen molar-refractivity contribution in [3.63, 3.8) is 0 Å². The number of amides is 1. The van der Waals surface area contributed by atoms with E-state index < -0.39 is 0 Å². The second-order valence-electron chi connectivity index (χ2n) is 7.87. The number of nitrogens with zero attached hydrogens (tertiary/aromatic N) is 2. The number of hydrogen-bond donors (Lipinski definition) is 0. The van der Waals surface area contributed by atoms with Gasteiger partial charge in [0.1, 0.15) is 5.75 Å². The molecule has 0 aliphatic carbocycles. The molecule has 4 rings (SSSR count). The Morgan fingerprint density at radius 2 is 1.86 bits per heavy atom. The number of likely N-dealkylation sites (tertiary alicyclic amines) is 2. The van der Waals surface area contributed by atoms with Gasteiger partial charge in [-0.3, -0.25) is 9.69 Å². The molecule has 1 aromatic heterocycles.